The number of rotatable bonds is 12. The van der Waals surface area contributed by atoms with Crippen LogP contribution in [0.4, 0.5) is 0 Å². The summed E-state index contributed by atoms with van der Waals surface area (Å²) in [6.45, 7) is 4.98. The van der Waals surface area contributed by atoms with Gasteiger partial charge in [-0.25, -0.2) is 0 Å². The van der Waals surface area contributed by atoms with Crippen LogP contribution in [0.1, 0.15) is 24.8 Å². The van der Waals surface area contributed by atoms with E-state index in [4.69, 9.17) is 18.9 Å². The predicted molar refractivity (Wildman–Crippen MR) is 122 cm³/mol. The van der Waals surface area contributed by atoms with Gasteiger partial charge in [0.05, 0.1) is 19.3 Å². The minimum Gasteiger partial charge on any atom is -0.491 e. The molecule has 1 fully saturated rings. The molecule has 0 aromatic heterocycles. The van der Waals surface area contributed by atoms with Crippen molar-refractivity contribution in [3.63, 3.8) is 0 Å². The van der Waals surface area contributed by atoms with Gasteiger partial charge in [0, 0.05) is 40.5 Å². The molecular formula is C20H34IN3O4. The van der Waals surface area contributed by atoms with Gasteiger partial charge in [0.25, 0.3) is 0 Å². The molecular weight excluding hydrogens is 473 g/mol. The number of nitrogens with zero attached hydrogens (tertiary/aromatic N) is 1. The fourth-order valence-electron chi connectivity index (χ4n) is 2.72. The van der Waals surface area contributed by atoms with Crippen molar-refractivity contribution in [2.75, 3.05) is 53.7 Å². The number of guanidine groups is 1. The number of methoxy groups -OCH3 is 1. The Morgan fingerprint density at radius 2 is 2.00 bits per heavy atom. The molecule has 1 aliphatic rings. The van der Waals surface area contributed by atoms with E-state index in [2.05, 4.69) is 15.6 Å². The van der Waals surface area contributed by atoms with Gasteiger partial charge in [-0.2, -0.15) is 0 Å². The minimum atomic E-state index is 0. The number of aliphatic imine (C=N–C) groups is 1. The molecule has 0 amide bonds. The van der Waals surface area contributed by atoms with Gasteiger partial charge in [0.15, 0.2) is 5.96 Å². The van der Waals surface area contributed by atoms with E-state index in [9.17, 15) is 0 Å². The van der Waals surface area contributed by atoms with E-state index in [1.165, 1.54) is 0 Å². The molecule has 2 N–H and O–H groups in total. The second-order valence-electron chi connectivity index (χ2n) is 6.40. The highest BCUT2D eigenvalue weighted by Gasteiger charge is 2.14. The number of hydrogen-bond donors (Lipinski definition) is 2. The van der Waals surface area contributed by atoms with E-state index in [0.29, 0.717) is 32.5 Å². The van der Waals surface area contributed by atoms with Crippen molar-refractivity contribution in [1.82, 2.24) is 10.6 Å². The van der Waals surface area contributed by atoms with E-state index in [0.717, 1.165) is 56.3 Å². The lowest BCUT2D eigenvalue weighted by Crippen LogP contribution is -2.37. The molecule has 1 heterocycles. The second-order valence-corrected chi connectivity index (χ2v) is 6.40. The first-order valence-electron chi connectivity index (χ1n) is 9.66. The van der Waals surface area contributed by atoms with Crippen LogP contribution in [0.15, 0.2) is 29.3 Å². The van der Waals surface area contributed by atoms with E-state index in [1.807, 2.05) is 24.3 Å². The molecule has 160 valence electrons. The van der Waals surface area contributed by atoms with Crippen LogP contribution < -0.4 is 15.4 Å². The van der Waals surface area contributed by atoms with Crippen LogP contribution in [-0.2, 0) is 20.8 Å². The summed E-state index contributed by atoms with van der Waals surface area (Å²) in [4.78, 5) is 4.25. The first kappa shape index (κ1) is 24.9. The summed E-state index contributed by atoms with van der Waals surface area (Å²) < 4.78 is 21.7. The Hall–Kier alpha value is -1.10. The molecule has 2 rings (SSSR count). The maximum Gasteiger partial charge on any atom is 0.191 e. The summed E-state index contributed by atoms with van der Waals surface area (Å²) in [5.74, 6) is 1.64. The van der Waals surface area contributed by atoms with Crippen LogP contribution in [0.25, 0.3) is 0 Å². The zero-order valence-corrected chi connectivity index (χ0v) is 19.3. The average Bonchev–Trinajstić information content (AvgIpc) is 3.21. The third-order valence-electron chi connectivity index (χ3n) is 4.25. The van der Waals surface area contributed by atoms with Crippen molar-refractivity contribution in [3.8, 4) is 5.75 Å². The fourth-order valence-corrected chi connectivity index (χ4v) is 2.72. The normalized spacial score (nSPS) is 16.5. The largest absolute Gasteiger partial charge is 0.491 e. The Balaban J connectivity index is 0.00000392. The lowest BCUT2D eigenvalue weighted by molar-refractivity contribution is 0.0168. The monoisotopic (exact) mass is 507 g/mol. The number of nitrogens with one attached hydrogen (secondary N) is 2. The van der Waals surface area contributed by atoms with Gasteiger partial charge in [0.2, 0.25) is 0 Å². The fraction of sp³-hybridized carbons (Fsp3) is 0.650. The summed E-state index contributed by atoms with van der Waals surface area (Å²) in [6.07, 6.45) is 3.50. The van der Waals surface area contributed by atoms with E-state index in [1.54, 1.807) is 14.2 Å². The molecule has 0 saturated carbocycles. The first-order valence-corrected chi connectivity index (χ1v) is 9.66. The average molecular weight is 507 g/mol. The Kier molecular flexibility index (Phi) is 14.1. The lowest BCUT2D eigenvalue weighted by Gasteiger charge is -2.13. The zero-order valence-electron chi connectivity index (χ0n) is 16.9. The standard InChI is InChI=1S/C20H33N3O4.HI/c1-21-20(22-10-4-11-25-16-19-5-3-12-26-19)23-15-17-6-8-18(9-7-17)27-14-13-24-2;/h6-9,19H,3-5,10-16H2,1-2H3,(H2,21,22,23);1H. The maximum absolute atomic E-state index is 5.66. The van der Waals surface area contributed by atoms with Gasteiger partial charge >= 0.3 is 0 Å². The van der Waals surface area contributed by atoms with Crippen molar-refractivity contribution in [2.45, 2.75) is 31.9 Å². The third-order valence-corrected chi connectivity index (χ3v) is 4.25. The van der Waals surface area contributed by atoms with Crippen molar-refractivity contribution < 1.29 is 18.9 Å². The van der Waals surface area contributed by atoms with Gasteiger partial charge < -0.3 is 29.6 Å². The highest BCUT2D eigenvalue weighted by atomic mass is 127. The summed E-state index contributed by atoms with van der Waals surface area (Å²) in [5.41, 5.74) is 1.16. The molecule has 8 heteroatoms. The van der Waals surface area contributed by atoms with Gasteiger partial charge in [-0.05, 0) is 37.0 Å². The van der Waals surface area contributed by atoms with Crippen LogP contribution in [0.5, 0.6) is 5.75 Å². The first-order chi connectivity index (χ1) is 13.3. The predicted octanol–water partition coefficient (Wildman–Crippen LogP) is 2.58. The molecule has 1 aromatic rings. The van der Waals surface area contributed by atoms with Gasteiger partial charge in [-0.3, -0.25) is 4.99 Å². The molecule has 1 aromatic carbocycles. The van der Waals surface area contributed by atoms with Crippen LogP contribution in [0.3, 0.4) is 0 Å². The summed E-state index contributed by atoms with van der Waals surface area (Å²) in [5, 5.41) is 6.61. The molecule has 0 aliphatic carbocycles. The molecule has 0 radical (unpaired) electrons. The van der Waals surface area contributed by atoms with Crippen molar-refractivity contribution >= 4 is 29.9 Å². The van der Waals surface area contributed by atoms with Gasteiger partial charge in [-0.15, -0.1) is 24.0 Å². The maximum atomic E-state index is 5.66. The van der Waals surface area contributed by atoms with Gasteiger partial charge in [-0.1, -0.05) is 12.1 Å². The Morgan fingerprint density at radius 1 is 1.18 bits per heavy atom. The molecule has 1 unspecified atom stereocenters. The van der Waals surface area contributed by atoms with Crippen molar-refractivity contribution in [2.24, 2.45) is 4.99 Å². The highest BCUT2D eigenvalue weighted by molar-refractivity contribution is 14.0. The topological polar surface area (TPSA) is 73.3 Å². The van der Waals surface area contributed by atoms with Crippen LogP contribution in [0.2, 0.25) is 0 Å². The summed E-state index contributed by atoms with van der Waals surface area (Å²) >= 11 is 0. The van der Waals surface area contributed by atoms with Crippen molar-refractivity contribution in [3.05, 3.63) is 29.8 Å². The smallest absolute Gasteiger partial charge is 0.191 e. The Labute approximate surface area is 185 Å². The van der Waals surface area contributed by atoms with Gasteiger partial charge in [0.1, 0.15) is 12.4 Å². The van der Waals surface area contributed by atoms with E-state index >= 15 is 0 Å². The highest BCUT2D eigenvalue weighted by Crippen LogP contribution is 2.12. The Morgan fingerprint density at radius 3 is 2.68 bits per heavy atom. The third kappa shape index (κ3) is 10.4. The summed E-state index contributed by atoms with van der Waals surface area (Å²) in [6, 6.07) is 8.02. The number of halogens is 1. The van der Waals surface area contributed by atoms with Crippen molar-refractivity contribution in [1.29, 1.82) is 0 Å². The SMILES string of the molecule is CN=C(NCCCOCC1CCCO1)NCc1ccc(OCCOC)cc1.I. The minimum absolute atomic E-state index is 0. The second kappa shape index (κ2) is 15.8. The quantitative estimate of drug-likeness (QED) is 0.196. The Bertz CT molecular complexity index is 537. The van der Waals surface area contributed by atoms with E-state index < -0.39 is 0 Å². The number of ether oxygens (including phenoxy) is 4. The van der Waals surface area contributed by atoms with Crippen LogP contribution in [0, 0.1) is 0 Å². The molecule has 7 nitrogen and oxygen atoms in total. The lowest BCUT2D eigenvalue weighted by atomic mass is 10.2. The van der Waals surface area contributed by atoms with E-state index in [-0.39, 0.29) is 24.0 Å². The molecule has 0 spiro atoms. The van der Waals surface area contributed by atoms with Crippen LogP contribution >= 0.6 is 24.0 Å². The molecule has 28 heavy (non-hydrogen) atoms. The molecule has 1 saturated heterocycles. The summed E-state index contributed by atoms with van der Waals surface area (Å²) in [7, 11) is 3.44. The molecule has 1 atom stereocenters. The number of hydrogen-bond acceptors (Lipinski definition) is 5. The van der Waals surface area contributed by atoms with Crippen LogP contribution in [-0.4, -0.2) is 65.8 Å². The zero-order chi connectivity index (χ0) is 19.2. The number of benzene rings is 1. The molecule has 1 aliphatic heterocycles. The molecule has 0 bridgehead atoms.